The number of terminal acetylenes is 1. The summed E-state index contributed by atoms with van der Waals surface area (Å²) in [5.41, 5.74) is 0. The van der Waals surface area contributed by atoms with E-state index in [0.717, 1.165) is 10.6 Å². The van der Waals surface area contributed by atoms with Gasteiger partial charge in [0, 0.05) is 16.3 Å². The molecule has 21 heavy (non-hydrogen) atoms. The summed E-state index contributed by atoms with van der Waals surface area (Å²) in [7, 11) is 0. The number of benzene rings is 1. The molecular weight excluding hydrogens is 310 g/mol. The minimum atomic E-state index is -1.06. The Hall–Kier alpha value is -1.64. The van der Waals surface area contributed by atoms with Gasteiger partial charge in [0.25, 0.3) is 0 Å². The second-order valence-electron chi connectivity index (χ2n) is 4.25. The zero-order valence-corrected chi connectivity index (χ0v) is 13.0. The van der Waals surface area contributed by atoms with Crippen LogP contribution in [0.4, 0.5) is 0 Å². The third kappa shape index (κ3) is 7.07. The van der Waals surface area contributed by atoms with E-state index >= 15 is 0 Å². The molecule has 0 aliphatic rings. The van der Waals surface area contributed by atoms with Crippen LogP contribution < -0.4 is 0 Å². The summed E-state index contributed by atoms with van der Waals surface area (Å²) in [4.78, 5) is 24.8. The molecule has 1 rings (SSSR count). The zero-order chi connectivity index (χ0) is 15.7. The Morgan fingerprint density at radius 1 is 1.33 bits per heavy atom. The molecule has 0 fully saturated rings. The van der Waals surface area contributed by atoms with Crippen LogP contribution in [0.2, 0.25) is 5.02 Å². The van der Waals surface area contributed by atoms with E-state index in [0.29, 0.717) is 11.4 Å². The van der Waals surface area contributed by atoms with Crippen LogP contribution in [0.15, 0.2) is 29.2 Å². The molecule has 1 N–H and O–H groups in total. The van der Waals surface area contributed by atoms with Crippen LogP contribution in [-0.4, -0.2) is 40.7 Å². The monoisotopic (exact) mass is 325 g/mol. The average molecular weight is 326 g/mol. The van der Waals surface area contributed by atoms with Gasteiger partial charge >= 0.3 is 5.97 Å². The van der Waals surface area contributed by atoms with Crippen LogP contribution in [-0.2, 0) is 9.59 Å². The van der Waals surface area contributed by atoms with Crippen LogP contribution in [0.3, 0.4) is 0 Å². The van der Waals surface area contributed by atoms with E-state index < -0.39 is 5.97 Å². The Balaban J connectivity index is 2.33. The number of carbonyl (C=O) groups excluding carboxylic acids is 1. The Morgan fingerprint density at radius 2 is 2.00 bits per heavy atom. The number of halogens is 1. The lowest BCUT2D eigenvalue weighted by atomic mass is 10.3. The van der Waals surface area contributed by atoms with Crippen molar-refractivity contribution in [3.8, 4) is 12.3 Å². The molecule has 4 nitrogen and oxygen atoms in total. The molecule has 0 saturated carbocycles. The molecule has 0 saturated heterocycles. The third-order valence-corrected chi connectivity index (χ3v) is 3.93. The van der Waals surface area contributed by atoms with Crippen LogP contribution in [0, 0.1) is 12.3 Å². The maximum absolute atomic E-state index is 11.9. The second-order valence-corrected chi connectivity index (χ2v) is 5.86. The fraction of sp³-hybridized carbons (Fsp3) is 0.333. The number of hydrogen-bond acceptors (Lipinski definition) is 3. The van der Waals surface area contributed by atoms with Crippen molar-refractivity contribution in [1.82, 2.24) is 4.90 Å². The molecule has 112 valence electrons. The average Bonchev–Trinajstić information content (AvgIpc) is 2.44. The number of carboxylic acid groups (broad SMARTS) is 1. The van der Waals surface area contributed by atoms with Crippen LogP contribution >= 0.6 is 23.4 Å². The first-order valence-electron chi connectivity index (χ1n) is 6.34. The number of hydrogen-bond donors (Lipinski definition) is 1. The Bertz CT molecular complexity index is 525. The summed E-state index contributed by atoms with van der Waals surface area (Å²) in [6.07, 6.45) is 6.08. The first kappa shape index (κ1) is 17.4. The maximum Gasteiger partial charge on any atom is 0.323 e. The van der Waals surface area contributed by atoms with Gasteiger partial charge in [-0.05, 0) is 36.4 Å². The molecule has 0 aliphatic heterocycles. The molecule has 1 aromatic carbocycles. The third-order valence-electron chi connectivity index (χ3n) is 2.58. The summed E-state index contributed by atoms with van der Waals surface area (Å²) < 4.78 is 0. The highest BCUT2D eigenvalue weighted by molar-refractivity contribution is 7.99. The van der Waals surface area contributed by atoms with Gasteiger partial charge in [0.15, 0.2) is 0 Å². The van der Waals surface area contributed by atoms with Gasteiger partial charge in [-0.25, -0.2) is 0 Å². The highest BCUT2D eigenvalue weighted by Crippen LogP contribution is 2.21. The lowest BCUT2D eigenvalue weighted by Gasteiger charge is -2.17. The van der Waals surface area contributed by atoms with Crippen molar-refractivity contribution in [2.24, 2.45) is 0 Å². The fourth-order valence-corrected chi connectivity index (χ4v) is 2.59. The summed E-state index contributed by atoms with van der Waals surface area (Å²) in [5.74, 6) is 1.78. The van der Waals surface area contributed by atoms with Gasteiger partial charge in [-0.3, -0.25) is 9.59 Å². The van der Waals surface area contributed by atoms with E-state index in [9.17, 15) is 9.59 Å². The molecule has 0 spiro atoms. The minimum absolute atomic E-state index is 0.0233. The lowest BCUT2D eigenvalue weighted by Crippen LogP contribution is -2.35. The van der Waals surface area contributed by atoms with Crippen molar-refractivity contribution in [3.63, 3.8) is 0 Å². The molecule has 1 amide bonds. The van der Waals surface area contributed by atoms with Gasteiger partial charge in [0.1, 0.15) is 6.54 Å². The number of thioether (sulfide) groups is 1. The number of carbonyl (C=O) groups is 2. The molecular formula is C15H16ClNO3S. The molecule has 0 bridgehead atoms. The van der Waals surface area contributed by atoms with E-state index in [1.807, 2.05) is 24.3 Å². The van der Waals surface area contributed by atoms with Gasteiger partial charge in [-0.1, -0.05) is 17.5 Å². The van der Waals surface area contributed by atoms with Gasteiger partial charge in [-0.15, -0.1) is 18.2 Å². The lowest BCUT2D eigenvalue weighted by molar-refractivity contribution is -0.144. The maximum atomic E-state index is 11.9. The van der Waals surface area contributed by atoms with E-state index in [-0.39, 0.29) is 25.4 Å². The molecule has 0 radical (unpaired) electrons. The Labute approximate surface area is 133 Å². The smallest absolute Gasteiger partial charge is 0.323 e. The standard InChI is InChI=1S/C15H16ClNO3S/c1-2-9-17(11-15(19)20)14(18)4-3-10-21-13-7-5-12(16)6-8-13/h1,5-8H,3-4,9-11H2,(H,19,20). The van der Waals surface area contributed by atoms with Gasteiger partial charge in [-0.2, -0.15) is 0 Å². The highest BCUT2D eigenvalue weighted by Gasteiger charge is 2.15. The molecule has 1 aromatic rings. The van der Waals surface area contributed by atoms with Crippen molar-refractivity contribution in [1.29, 1.82) is 0 Å². The van der Waals surface area contributed by atoms with Gasteiger partial charge in [0.05, 0.1) is 6.54 Å². The number of amides is 1. The van der Waals surface area contributed by atoms with Crippen molar-refractivity contribution in [2.45, 2.75) is 17.7 Å². The second kappa shape index (κ2) is 9.32. The first-order chi connectivity index (χ1) is 10.0. The number of nitrogens with zero attached hydrogens (tertiary/aromatic N) is 1. The Morgan fingerprint density at radius 3 is 2.57 bits per heavy atom. The molecule has 0 aromatic heterocycles. The largest absolute Gasteiger partial charge is 0.480 e. The molecule has 0 aliphatic carbocycles. The van der Waals surface area contributed by atoms with Crippen molar-refractivity contribution in [2.75, 3.05) is 18.8 Å². The summed E-state index contributed by atoms with van der Waals surface area (Å²) in [6, 6.07) is 7.47. The predicted molar refractivity (Wildman–Crippen MR) is 84.5 cm³/mol. The SMILES string of the molecule is C#CCN(CC(=O)O)C(=O)CCCSc1ccc(Cl)cc1. The highest BCUT2D eigenvalue weighted by atomic mass is 35.5. The number of carboxylic acids is 1. The number of rotatable bonds is 8. The molecule has 6 heteroatoms. The van der Waals surface area contributed by atoms with E-state index in [4.69, 9.17) is 23.1 Å². The summed E-state index contributed by atoms with van der Waals surface area (Å²) in [6.45, 7) is -0.331. The minimum Gasteiger partial charge on any atom is -0.480 e. The van der Waals surface area contributed by atoms with Crippen molar-refractivity contribution in [3.05, 3.63) is 29.3 Å². The number of aliphatic carboxylic acids is 1. The van der Waals surface area contributed by atoms with Gasteiger partial charge in [0.2, 0.25) is 5.91 Å². The van der Waals surface area contributed by atoms with Crippen molar-refractivity contribution < 1.29 is 14.7 Å². The van der Waals surface area contributed by atoms with Crippen molar-refractivity contribution >= 4 is 35.2 Å². The normalized spacial score (nSPS) is 9.90. The van der Waals surface area contributed by atoms with Crippen LogP contribution in [0.1, 0.15) is 12.8 Å². The molecule has 0 unspecified atom stereocenters. The summed E-state index contributed by atoms with van der Waals surface area (Å²) in [5, 5.41) is 9.41. The van der Waals surface area contributed by atoms with E-state index in [1.165, 1.54) is 4.90 Å². The Kier molecular flexibility index (Phi) is 7.73. The van der Waals surface area contributed by atoms with Gasteiger partial charge < -0.3 is 10.0 Å². The predicted octanol–water partition coefficient (Wildman–Crippen LogP) is 2.76. The quantitative estimate of drug-likeness (QED) is 0.453. The summed E-state index contributed by atoms with van der Waals surface area (Å²) >= 11 is 7.42. The van der Waals surface area contributed by atoms with E-state index in [2.05, 4.69) is 5.92 Å². The molecule has 0 atom stereocenters. The topological polar surface area (TPSA) is 57.6 Å². The zero-order valence-electron chi connectivity index (χ0n) is 11.4. The van der Waals surface area contributed by atoms with Crippen LogP contribution in [0.5, 0.6) is 0 Å². The van der Waals surface area contributed by atoms with Crippen LogP contribution in [0.25, 0.3) is 0 Å². The fourth-order valence-electron chi connectivity index (χ4n) is 1.61. The molecule has 0 heterocycles. The van der Waals surface area contributed by atoms with E-state index in [1.54, 1.807) is 11.8 Å². The first-order valence-corrected chi connectivity index (χ1v) is 7.70.